The van der Waals surface area contributed by atoms with Crippen LogP contribution in [0.4, 0.5) is 11.4 Å². The molecule has 2 nitrogen and oxygen atoms in total. The summed E-state index contributed by atoms with van der Waals surface area (Å²) in [5.74, 6) is 0.780. The van der Waals surface area contributed by atoms with Gasteiger partial charge in [0.2, 0.25) is 0 Å². The van der Waals surface area contributed by atoms with Crippen LogP contribution in [0.25, 0.3) is 0 Å². The highest BCUT2D eigenvalue weighted by molar-refractivity contribution is 6.31. The second-order valence-electron chi connectivity index (χ2n) is 5.10. The summed E-state index contributed by atoms with van der Waals surface area (Å²) < 4.78 is 0. The summed E-state index contributed by atoms with van der Waals surface area (Å²) in [4.78, 5) is 0. The van der Waals surface area contributed by atoms with Gasteiger partial charge in [-0.3, -0.25) is 0 Å². The van der Waals surface area contributed by atoms with Crippen LogP contribution in [0.1, 0.15) is 40.0 Å². The second-order valence-corrected chi connectivity index (χ2v) is 5.54. The number of benzene rings is 1. The molecule has 0 aliphatic heterocycles. The number of hydrogen-bond acceptors (Lipinski definition) is 2. The van der Waals surface area contributed by atoms with E-state index < -0.39 is 0 Å². The molecule has 1 aromatic carbocycles. The minimum Gasteiger partial charge on any atom is -0.397 e. The molecule has 0 spiro atoms. The Morgan fingerprint density at radius 2 is 1.94 bits per heavy atom. The van der Waals surface area contributed by atoms with E-state index in [9.17, 15) is 0 Å². The van der Waals surface area contributed by atoms with Crippen molar-refractivity contribution in [1.29, 1.82) is 0 Å². The monoisotopic (exact) mass is 254 g/mol. The molecule has 3 N–H and O–H groups in total. The molecule has 1 aromatic rings. The lowest BCUT2D eigenvalue weighted by Gasteiger charge is -2.17. The van der Waals surface area contributed by atoms with Gasteiger partial charge in [-0.05, 0) is 37.5 Å². The van der Waals surface area contributed by atoms with Gasteiger partial charge in [0.05, 0.1) is 11.4 Å². The lowest BCUT2D eigenvalue weighted by atomic mass is 10.0. The molecule has 3 heteroatoms. The first-order valence-corrected chi connectivity index (χ1v) is 6.68. The number of halogens is 1. The topological polar surface area (TPSA) is 38.0 Å². The van der Waals surface area contributed by atoms with Gasteiger partial charge in [-0.15, -0.1) is 0 Å². The first-order chi connectivity index (χ1) is 7.99. The van der Waals surface area contributed by atoms with Gasteiger partial charge >= 0.3 is 0 Å². The standard InChI is InChI=1S/C14H23ClN2/c1-10(2)5-4-6-11(3)17-14-8-7-12(15)9-13(14)16/h7-11,17H,4-6,16H2,1-3H3. The lowest BCUT2D eigenvalue weighted by molar-refractivity contribution is 0.520. The quantitative estimate of drug-likeness (QED) is 0.731. The molecule has 0 fully saturated rings. The van der Waals surface area contributed by atoms with E-state index >= 15 is 0 Å². The fourth-order valence-corrected chi connectivity index (χ4v) is 2.02. The van der Waals surface area contributed by atoms with E-state index in [0.29, 0.717) is 16.8 Å². The molecule has 1 rings (SSSR count). The van der Waals surface area contributed by atoms with Crippen molar-refractivity contribution in [2.75, 3.05) is 11.1 Å². The zero-order valence-corrected chi connectivity index (χ0v) is 11.7. The van der Waals surface area contributed by atoms with Gasteiger partial charge in [-0.2, -0.15) is 0 Å². The molecular weight excluding hydrogens is 232 g/mol. The smallest absolute Gasteiger partial charge is 0.0577 e. The van der Waals surface area contributed by atoms with Crippen LogP contribution in [0.15, 0.2) is 18.2 Å². The molecule has 0 amide bonds. The molecule has 1 unspecified atom stereocenters. The Bertz CT molecular complexity index is 350. The summed E-state index contributed by atoms with van der Waals surface area (Å²) in [7, 11) is 0. The van der Waals surface area contributed by atoms with Crippen molar-refractivity contribution >= 4 is 23.0 Å². The predicted molar refractivity (Wildman–Crippen MR) is 77.6 cm³/mol. The average Bonchev–Trinajstić information content (AvgIpc) is 2.21. The summed E-state index contributed by atoms with van der Waals surface area (Å²) in [6.45, 7) is 6.71. The molecule has 0 aromatic heterocycles. The Hall–Kier alpha value is -0.890. The zero-order valence-electron chi connectivity index (χ0n) is 11.0. The molecule has 96 valence electrons. The molecule has 0 saturated carbocycles. The largest absolute Gasteiger partial charge is 0.397 e. The van der Waals surface area contributed by atoms with E-state index in [2.05, 4.69) is 26.1 Å². The van der Waals surface area contributed by atoms with Crippen molar-refractivity contribution in [3.05, 3.63) is 23.2 Å². The Kier molecular flexibility index (Phi) is 5.63. The van der Waals surface area contributed by atoms with Crippen molar-refractivity contribution in [2.24, 2.45) is 5.92 Å². The summed E-state index contributed by atoms with van der Waals surface area (Å²) >= 11 is 5.86. The first-order valence-electron chi connectivity index (χ1n) is 6.30. The normalized spacial score (nSPS) is 12.8. The molecule has 0 saturated heterocycles. The van der Waals surface area contributed by atoms with E-state index in [0.717, 1.165) is 11.6 Å². The van der Waals surface area contributed by atoms with Gasteiger partial charge in [0.25, 0.3) is 0 Å². The maximum Gasteiger partial charge on any atom is 0.0577 e. The highest BCUT2D eigenvalue weighted by Crippen LogP contribution is 2.24. The average molecular weight is 255 g/mol. The van der Waals surface area contributed by atoms with E-state index in [1.54, 1.807) is 6.07 Å². The van der Waals surface area contributed by atoms with Gasteiger partial charge in [0.15, 0.2) is 0 Å². The number of rotatable bonds is 6. The van der Waals surface area contributed by atoms with Crippen molar-refractivity contribution in [1.82, 2.24) is 0 Å². The van der Waals surface area contributed by atoms with Gasteiger partial charge in [0, 0.05) is 11.1 Å². The van der Waals surface area contributed by atoms with Crippen LogP contribution in [-0.2, 0) is 0 Å². The third kappa shape index (κ3) is 5.31. The maximum atomic E-state index is 5.90. The molecule has 0 aliphatic carbocycles. The van der Waals surface area contributed by atoms with Gasteiger partial charge < -0.3 is 11.1 Å². The summed E-state index contributed by atoms with van der Waals surface area (Å²) in [6.07, 6.45) is 3.70. The molecular formula is C14H23ClN2. The number of nitrogens with one attached hydrogen (secondary N) is 1. The Morgan fingerprint density at radius 3 is 2.53 bits per heavy atom. The number of hydrogen-bond donors (Lipinski definition) is 2. The summed E-state index contributed by atoms with van der Waals surface area (Å²) in [5, 5.41) is 4.11. The van der Waals surface area contributed by atoms with Crippen molar-refractivity contribution in [2.45, 2.75) is 46.1 Å². The molecule has 0 radical (unpaired) electrons. The van der Waals surface area contributed by atoms with Gasteiger partial charge in [-0.25, -0.2) is 0 Å². The van der Waals surface area contributed by atoms with E-state index in [1.165, 1.54) is 19.3 Å². The van der Waals surface area contributed by atoms with Crippen LogP contribution in [-0.4, -0.2) is 6.04 Å². The molecule has 0 aliphatic rings. The highest BCUT2D eigenvalue weighted by atomic mass is 35.5. The maximum absolute atomic E-state index is 5.90. The van der Waals surface area contributed by atoms with Gasteiger partial charge in [-0.1, -0.05) is 38.3 Å². The first kappa shape index (κ1) is 14.2. The lowest BCUT2D eigenvalue weighted by Crippen LogP contribution is -2.16. The third-order valence-electron chi connectivity index (χ3n) is 2.83. The molecule has 0 bridgehead atoms. The van der Waals surface area contributed by atoms with Crippen molar-refractivity contribution in [3.8, 4) is 0 Å². The second kappa shape index (κ2) is 6.75. The van der Waals surface area contributed by atoms with Crippen LogP contribution >= 0.6 is 11.6 Å². The SMILES string of the molecule is CC(C)CCCC(C)Nc1ccc(Cl)cc1N. The predicted octanol–water partition coefficient (Wildman–Crippen LogP) is 4.55. The van der Waals surface area contributed by atoms with Crippen LogP contribution in [0.5, 0.6) is 0 Å². The minimum absolute atomic E-state index is 0.442. The fourth-order valence-electron chi connectivity index (χ4n) is 1.83. The highest BCUT2D eigenvalue weighted by Gasteiger charge is 2.05. The van der Waals surface area contributed by atoms with Crippen molar-refractivity contribution < 1.29 is 0 Å². The number of nitrogen functional groups attached to an aromatic ring is 1. The molecule has 17 heavy (non-hydrogen) atoms. The number of nitrogens with two attached hydrogens (primary N) is 1. The molecule has 0 heterocycles. The van der Waals surface area contributed by atoms with Crippen LogP contribution in [0.3, 0.4) is 0 Å². The Balaban J connectivity index is 2.42. The summed E-state index contributed by atoms with van der Waals surface area (Å²) in [5.41, 5.74) is 7.59. The zero-order chi connectivity index (χ0) is 12.8. The Morgan fingerprint density at radius 1 is 1.24 bits per heavy atom. The third-order valence-corrected chi connectivity index (χ3v) is 3.07. The van der Waals surface area contributed by atoms with E-state index in [4.69, 9.17) is 17.3 Å². The Labute approximate surface area is 110 Å². The van der Waals surface area contributed by atoms with Crippen molar-refractivity contribution in [3.63, 3.8) is 0 Å². The van der Waals surface area contributed by atoms with Gasteiger partial charge in [0.1, 0.15) is 0 Å². The van der Waals surface area contributed by atoms with E-state index in [-0.39, 0.29) is 0 Å². The fraction of sp³-hybridized carbons (Fsp3) is 0.571. The van der Waals surface area contributed by atoms with Crippen LogP contribution < -0.4 is 11.1 Å². The molecule has 1 atom stereocenters. The minimum atomic E-state index is 0.442. The van der Waals surface area contributed by atoms with Crippen LogP contribution in [0, 0.1) is 5.92 Å². The summed E-state index contributed by atoms with van der Waals surface area (Å²) in [6, 6.07) is 6.03. The van der Waals surface area contributed by atoms with E-state index in [1.807, 2.05) is 12.1 Å². The van der Waals surface area contributed by atoms with Crippen LogP contribution in [0.2, 0.25) is 5.02 Å². The number of anilines is 2.